The molecule has 0 unspecified atom stereocenters. The van der Waals surface area contributed by atoms with Gasteiger partial charge in [-0.25, -0.2) is 4.68 Å². The lowest BCUT2D eigenvalue weighted by molar-refractivity contribution is -0.109. The minimum absolute atomic E-state index is 0.134. The zero-order valence-electron chi connectivity index (χ0n) is 20.1. The van der Waals surface area contributed by atoms with Crippen LogP contribution in [-0.4, -0.2) is 102 Å². The fourth-order valence-electron chi connectivity index (χ4n) is 4.13. The number of anilines is 2. The number of aromatic amines is 1. The molecule has 0 spiro atoms. The number of nitrogens with zero attached hydrogens (tertiary/aromatic N) is 7. The van der Waals surface area contributed by atoms with Gasteiger partial charge in [0.1, 0.15) is 24.1 Å². The Morgan fingerprint density at radius 3 is 2.70 bits per heavy atom. The lowest BCUT2D eigenvalue weighted by atomic mass is 10.1. The van der Waals surface area contributed by atoms with Crippen molar-refractivity contribution in [1.82, 2.24) is 40.4 Å². The normalized spacial score (nSPS) is 23.0. The number of ether oxygens (including phenoxy) is 2. The molecule has 1 aliphatic rings. The molecule has 1 saturated heterocycles. The summed E-state index contributed by atoms with van der Waals surface area (Å²) in [6.07, 6.45) is -4.96. The molecular formula is C20H22Cl2N9O8P. The van der Waals surface area contributed by atoms with Crippen LogP contribution in [-0.2, 0) is 20.5 Å². The highest BCUT2D eigenvalue weighted by atomic mass is 35.5. The van der Waals surface area contributed by atoms with Gasteiger partial charge in [0, 0.05) is 10.7 Å². The van der Waals surface area contributed by atoms with Crippen molar-refractivity contribution in [2.75, 3.05) is 18.5 Å². The number of halogens is 2. The van der Waals surface area contributed by atoms with E-state index in [2.05, 4.69) is 41.0 Å². The first-order chi connectivity index (χ1) is 19.0. The average Bonchev–Trinajstić information content (AvgIpc) is 3.62. The number of tetrazole rings is 1. The lowest BCUT2D eigenvalue weighted by Gasteiger charge is -2.32. The van der Waals surface area contributed by atoms with E-state index < -0.39 is 57.1 Å². The molecule has 7 N–H and O–H groups in total. The molecule has 0 aliphatic carbocycles. The van der Waals surface area contributed by atoms with Crippen molar-refractivity contribution in [1.29, 1.82) is 0 Å². The molecule has 0 radical (unpaired) electrons. The molecule has 4 heterocycles. The number of aliphatic hydroxyl groups is 3. The Balaban J connectivity index is 1.39. The number of rotatable bonds is 10. The van der Waals surface area contributed by atoms with Crippen LogP contribution in [0, 0.1) is 0 Å². The molecule has 214 valence electrons. The summed E-state index contributed by atoms with van der Waals surface area (Å²) in [7, 11) is -5.14. The van der Waals surface area contributed by atoms with Crippen molar-refractivity contribution < 1.29 is 39.1 Å². The first kappa shape index (κ1) is 28.7. The summed E-state index contributed by atoms with van der Waals surface area (Å²) < 4.78 is 24.7. The third-order valence-corrected chi connectivity index (χ3v) is 8.10. The van der Waals surface area contributed by atoms with Gasteiger partial charge in [-0.05, 0) is 29.8 Å². The molecule has 1 aliphatic heterocycles. The van der Waals surface area contributed by atoms with Crippen molar-refractivity contribution in [3.8, 4) is 0 Å². The predicted molar refractivity (Wildman–Crippen MR) is 137 cm³/mol. The van der Waals surface area contributed by atoms with Crippen LogP contribution in [0.1, 0.15) is 12.1 Å². The molecule has 3 aromatic heterocycles. The highest BCUT2D eigenvalue weighted by Crippen LogP contribution is 2.53. The number of aromatic nitrogens is 8. The minimum Gasteiger partial charge on any atom is -0.393 e. The van der Waals surface area contributed by atoms with Crippen LogP contribution in [0.25, 0.3) is 11.0 Å². The smallest absolute Gasteiger partial charge is 0.359 e. The molecule has 5 atom stereocenters. The van der Waals surface area contributed by atoms with Crippen molar-refractivity contribution in [3.05, 3.63) is 46.6 Å². The van der Waals surface area contributed by atoms with Gasteiger partial charge in [-0.1, -0.05) is 22.9 Å². The first-order valence-electron chi connectivity index (χ1n) is 11.5. The van der Waals surface area contributed by atoms with Crippen molar-refractivity contribution in [2.24, 2.45) is 0 Å². The van der Waals surface area contributed by atoms with Crippen molar-refractivity contribution in [2.45, 2.75) is 36.3 Å². The standard InChI is InChI=1S/C20H22Cl2N9O8P/c21-9-2-1-3-10(4-9)24-16-11-6-23-31(17(11)26-19(22)25-16)18-15(34)14(33)12(39-18)7-38-20(8-32,40(35,36)37)5-13-27-29-30-28-13/h1-4,6,12,14-15,18,32-34H,5,7-8H2,(H,24,25,26)(H2,35,36,37)(H,27,28,29,30)/t12-,14-,15-,18-,20-/m1/s1. The third-order valence-electron chi connectivity index (χ3n) is 6.21. The Bertz CT molecular complexity index is 1540. The minimum atomic E-state index is -5.14. The number of nitrogens with one attached hydrogen (secondary N) is 2. The van der Waals surface area contributed by atoms with E-state index in [0.29, 0.717) is 16.1 Å². The quantitative estimate of drug-likeness (QED) is 0.0922. The van der Waals surface area contributed by atoms with Gasteiger partial charge >= 0.3 is 7.60 Å². The molecule has 1 aromatic carbocycles. The summed E-state index contributed by atoms with van der Waals surface area (Å²) in [5.41, 5.74) is 0.763. The molecule has 1 fully saturated rings. The fourth-order valence-corrected chi connectivity index (χ4v) is 5.26. The van der Waals surface area contributed by atoms with Gasteiger partial charge in [0.05, 0.1) is 31.2 Å². The van der Waals surface area contributed by atoms with Gasteiger partial charge in [0.25, 0.3) is 0 Å². The highest BCUT2D eigenvalue weighted by Gasteiger charge is 2.52. The molecule has 0 bridgehead atoms. The summed E-state index contributed by atoms with van der Waals surface area (Å²) in [4.78, 5) is 28.3. The van der Waals surface area contributed by atoms with E-state index in [1.54, 1.807) is 24.3 Å². The monoisotopic (exact) mass is 617 g/mol. The Morgan fingerprint density at radius 2 is 2.02 bits per heavy atom. The molecule has 17 nitrogen and oxygen atoms in total. The van der Waals surface area contributed by atoms with Crippen LogP contribution in [0.5, 0.6) is 0 Å². The van der Waals surface area contributed by atoms with E-state index in [1.807, 2.05) is 0 Å². The van der Waals surface area contributed by atoms with Crippen LogP contribution in [0.15, 0.2) is 30.5 Å². The molecule has 5 rings (SSSR count). The number of fused-ring (bicyclic) bond motifs is 1. The average molecular weight is 618 g/mol. The van der Waals surface area contributed by atoms with Gasteiger partial charge in [-0.3, -0.25) is 4.57 Å². The van der Waals surface area contributed by atoms with E-state index >= 15 is 0 Å². The number of aliphatic hydroxyl groups excluding tert-OH is 3. The van der Waals surface area contributed by atoms with Gasteiger partial charge in [0.2, 0.25) is 5.28 Å². The zero-order chi connectivity index (χ0) is 28.7. The van der Waals surface area contributed by atoms with Crippen LogP contribution >= 0.6 is 30.8 Å². The number of hydrogen-bond acceptors (Lipinski definition) is 13. The summed E-state index contributed by atoms with van der Waals surface area (Å²) in [6.45, 7) is -1.77. The topological polar surface area (TPSA) is 247 Å². The lowest BCUT2D eigenvalue weighted by Crippen LogP contribution is -2.43. The van der Waals surface area contributed by atoms with Gasteiger partial charge in [0.15, 0.2) is 23.0 Å². The van der Waals surface area contributed by atoms with E-state index in [-0.39, 0.29) is 22.6 Å². The van der Waals surface area contributed by atoms with Crippen LogP contribution in [0.3, 0.4) is 0 Å². The number of H-pyrrole nitrogens is 1. The SMILES string of the molecule is O=P(O)(O)[C@@](CO)(Cc1nn[nH]n1)OC[C@H]1O[C@@H](n2ncc3c(Nc4cccc(Cl)c4)nc(Cl)nc32)[C@H](O)[C@@H]1O. The Hall–Kier alpha value is -2.83. The Kier molecular flexibility index (Phi) is 8.04. The summed E-state index contributed by atoms with van der Waals surface area (Å²) in [5, 5.41) is 49.7. The van der Waals surface area contributed by atoms with E-state index in [4.69, 9.17) is 32.7 Å². The van der Waals surface area contributed by atoms with Crippen LogP contribution < -0.4 is 5.32 Å². The van der Waals surface area contributed by atoms with E-state index in [1.165, 1.54) is 10.9 Å². The molecule has 40 heavy (non-hydrogen) atoms. The maximum absolute atomic E-state index is 12.3. The number of hydrogen-bond donors (Lipinski definition) is 7. The molecule has 20 heteroatoms. The number of benzene rings is 1. The largest absolute Gasteiger partial charge is 0.393 e. The second-order valence-corrected chi connectivity index (χ2v) is 11.5. The zero-order valence-corrected chi connectivity index (χ0v) is 22.5. The Labute approximate surface area is 234 Å². The van der Waals surface area contributed by atoms with Crippen molar-refractivity contribution in [3.63, 3.8) is 0 Å². The summed E-state index contributed by atoms with van der Waals surface area (Å²) in [5.74, 6) is 0.150. The molecule has 0 saturated carbocycles. The van der Waals surface area contributed by atoms with Crippen LogP contribution in [0.4, 0.5) is 11.5 Å². The van der Waals surface area contributed by atoms with Crippen LogP contribution in [0.2, 0.25) is 10.3 Å². The van der Waals surface area contributed by atoms with Gasteiger partial charge < -0.3 is 39.9 Å². The Morgan fingerprint density at radius 1 is 1.23 bits per heavy atom. The van der Waals surface area contributed by atoms with Crippen molar-refractivity contribution >= 4 is 53.3 Å². The molecule has 4 aromatic rings. The van der Waals surface area contributed by atoms with E-state index in [0.717, 1.165) is 0 Å². The van der Waals surface area contributed by atoms with Gasteiger partial charge in [-0.15, -0.1) is 10.2 Å². The second kappa shape index (κ2) is 11.2. The maximum Gasteiger partial charge on any atom is 0.359 e. The summed E-state index contributed by atoms with van der Waals surface area (Å²) >= 11 is 12.2. The van der Waals surface area contributed by atoms with E-state index in [9.17, 15) is 29.7 Å². The maximum atomic E-state index is 12.3. The second-order valence-electron chi connectivity index (χ2n) is 8.81. The van der Waals surface area contributed by atoms with Gasteiger partial charge in [-0.2, -0.15) is 20.3 Å². The molecular weight excluding hydrogens is 596 g/mol. The molecule has 0 amide bonds. The summed E-state index contributed by atoms with van der Waals surface area (Å²) in [6, 6.07) is 6.86. The highest BCUT2D eigenvalue weighted by molar-refractivity contribution is 7.53. The predicted octanol–water partition coefficient (Wildman–Crippen LogP) is 0.135. The first-order valence-corrected chi connectivity index (χ1v) is 13.9. The fraction of sp³-hybridized carbons (Fsp3) is 0.400. The third kappa shape index (κ3) is 5.53.